The molecule has 4 rings (SSSR count). The largest absolute Gasteiger partial charge is 0.378 e. The number of fused-ring (bicyclic) bond motifs is 1. The highest BCUT2D eigenvalue weighted by atomic mass is 19.1. The van der Waals surface area contributed by atoms with Gasteiger partial charge in [-0.2, -0.15) is 5.10 Å². The molecule has 2 aromatic carbocycles. The second-order valence-electron chi connectivity index (χ2n) is 7.85. The Morgan fingerprint density at radius 2 is 1.94 bits per heavy atom. The molecule has 3 aromatic rings. The van der Waals surface area contributed by atoms with Crippen molar-refractivity contribution >= 4 is 17.3 Å². The number of amides is 1. The van der Waals surface area contributed by atoms with Gasteiger partial charge in [-0.15, -0.1) is 0 Å². The topological polar surface area (TPSA) is 77.7 Å². The lowest BCUT2D eigenvalue weighted by Gasteiger charge is -2.52. The van der Waals surface area contributed by atoms with Crippen molar-refractivity contribution in [1.82, 2.24) is 19.7 Å². The van der Waals surface area contributed by atoms with Crippen molar-refractivity contribution in [3.63, 3.8) is 0 Å². The van der Waals surface area contributed by atoms with Crippen LogP contribution in [0.15, 0.2) is 49.1 Å². The van der Waals surface area contributed by atoms with E-state index in [9.17, 15) is 14.3 Å². The molecular weight excluding hydrogens is 418 g/mol. The van der Waals surface area contributed by atoms with E-state index in [1.807, 2.05) is 25.9 Å². The maximum absolute atomic E-state index is 15.0. The summed E-state index contributed by atoms with van der Waals surface area (Å²) in [4.78, 5) is 22.2. The van der Waals surface area contributed by atoms with Crippen LogP contribution in [0, 0.1) is 11.6 Å². The molecule has 1 aromatic heterocycles. The molecule has 0 spiro atoms. The Morgan fingerprint density at radius 1 is 1.19 bits per heavy atom. The summed E-state index contributed by atoms with van der Waals surface area (Å²) in [6, 6.07) is 8.10. The third-order valence-electron chi connectivity index (χ3n) is 5.81. The number of aromatic nitrogens is 3. The molecule has 0 saturated carbocycles. The smallest absolute Gasteiger partial charge is 0.261 e. The van der Waals surface area contributed by atoms with E-state index in [-0.39, 0.29) is 5.56 Å². The highest BCUT2D eigenvalue weighted by molar-refractivity contribution is 6.03. The van der Waals surface area contributed by atoms with Crippen molar-refractivity contribution in [1.29, 1.82) is 0 Å². The van der Waals surface area contributed by atoms with Crippen LogP contribution in [0.2, 0.25) is 0 Å². The molecule has 2 atom stereocenters. The molecule has 1 N–H and O–H groups in total. The van der Waals surface area contributed by atoms with Gasteiger partial charge in [0.15, 0.2) is 0 Å². The summed E-state index contributed by atoms with van der Waals surface area (Å²) in [6.07, 6.45) is 2.30. The Balaban J connectivity index is 2.00. The van der Waals surface area contributed by atoms with Crippen LogP contribution in [0.3, 0.4) is 0 Å². The Hall–Kier alpha value is -3.53. The first kappa shape index (κ1) is 21.7. The number of carbonyl (C=O) groups is 1. The summed E-state index contributed by atoms with van der Waals surface area (Å²) < 4.78 is 30.2. The number of nitrogens with zero attached hydrogens (tertiary/aromatic N) is 6. The van der Waals surface area contributed by atoms with Gasteiger partial charge in [0.25, 0.3) is 11.8 Å². The molecule has 1 aliphatic rings. The molecule has 2 unspecified atom stereocenters. The van der Waals surface area contributed by atoms with E-state index in [2.05, 4.69) is 10.1 Å². The lowest BCUT2D eigenvalue weighted by molar-refractivity contribution is -0.132. The number of rotatable bonds is 5. The van der Waals surface area contributed by atoms with Gasteiger partial charge in [0.2, 0.25) is 0 Å². The molecule has 8 nitrogen and oxygen atoms in total. The minimum atomic E-state index is -2.26. The lowest BCUT2D eigenvalue weighted by Crippen LogP contribution is -2.64. The van der Waals surface area contributed by atoms with E-state index >= 15 is 4.39 Å². The fourth-order valence-corrected chi connectivity index (χ4v) is 4.13. The minimum absolute atomic E-state index is 0.255. The van der Waals surface area contributed by atoms with Crippen molar-refractivity contribution in [3.8, 4) is 0 Å². The van der Waals surface area contributed by atoms with E-state index in [1.54, 1.807) is 25.2 Å². The summed E-state index contributed by atoms with van der Waals surface area (Å²) in [6.45, 7) is 1.81. The molecule has 168 valence electrons. The van der Waals surface area contributed by atoms with Crippen LogP contribution in [-0.2, 0) is 5.85 Å². The summed E-state index contributed by atoms with van der Waals surface area (Å²) in [5.41, 5.74) is 1.29. The average molecular weight is 442 g/mol. The summed E-state index contributed by atoms with van der Waals surface area (Å²) in [7, 11) is 5.26. The van der Waals surface area contributed by atoms with Crippen LogP contribution in [0.4, 0.5) is 20.2 Å². The van der Waals surface area contributed by atoms with Gasteiger partial charge < -0.3 is 14.9 Å². The van der Waals surface area contributed by atoms with Crippen molar-refractivity contribution in [2.75, 3.05) is 30.9 Å². The van der Waals surface area contributed by atoms with Crippen LogP contribution in [0.1, 0.15) is 35.4 Å². The van der Waals surface area contributed by atoms with E-state index in [4.69, 9.17) is 0 Å². The van der Waals surface area contributed by atoms with Gasteiger partial charge in [-0.1, -0.05) is 6.92 Å². The first-order chi connectivity index (χ1) is 15.2. The van der Waals surface area contributed by atoms with Crippen molar-refractivity contribution in [2.24, 2.45) is 0 Å². The number of halogens is 2. The van der Waals surface area contributed by atoms with Crippen molar-refractivity contribution in [3.05, 3.63) is 71.8 Å². The first-order valence-corrected chi connectivity index (χ1v) is 10.1. The average Bonchev–Trinajstić information content (AvgIpc) is 3.29. The number of benzene rings is 2. The third kappa shape index (κ3) is 3.18. The third-order valence-corrected chi connectivity index (χ3v) is 5.81. The number of carbonyl (C=O) groups excluding carboxylic acids is 1. The zero-order valence-corrected chi connectivity index (χ0v) is 18.2. The zero-order valence-electron chi connectivity index (χ0n) is 18.2. The van der Waals surface area contributed by atoms with Crippen LogP contribution < -0.4 is 9.80 Å². The predicted molar refractivity (Wildman–Crippen MR) is 115 cm³/mol. The Bertz CT molecular complexity index is 1150. The van der Waals surface area contributed by atoms with Crippen LogP contribution in [0.25, 0.3) is 0 Å². The van der Waals surface area contributed by atoms with Crippen molar-refractivity contribution < 1.29 is 18.7 Å². The molecule has 0 bridgehead atoms. The van der Waals surface area contributed by atoms with Gasteiger partial charge in [0.05, 0.1) is 16.8 Å². The summed E-state index contributed by atoms with van der Waals surface area (Å²) >= 11 is 0. The standard InChI is InChI=1S/C22H24F2N6O2/c1-5-20(29-13-25-12-26-29)30-21(31)16-8-7-15(27(2)3)11-19(16)28(4)22(30,32)17-9-6-14(23)10-18(17)24/h6-13,20,32H,5H2,1-4H3. The quantitative estimate of drug-likeness (QED) is 0.655. The van der Waals surface area contributed by atoms with E-state index in [0.717, 1.165) is 22.7 Å². The summed E-state index contributed by atoms with van der Waals surface area (Å²) in [5.74, 6) is -4.54. The van der Waals surface area contributed by atoms with Gasteiger partial charge >= 0.3 is 0 Å². The molecular formula is C22H24F2N6O2. The number of anilines is 2. The SMILES string of the molecule is CCC(N1C(=O)c2ccc(N(C)C)cc2N(C)C1(O)c1ccc(F)cc1F)n1cncn1. The maximum atomic E-state index is 15.0. The van der Waals surface area contributed by atoms with Gasteiger partial charge in [0.1, 0.15) is 30.5 Å². The van der Waals surface area contributed by atoms with E-state index < -0.39 is 29.6 Å². The molecule has 10 heteroatoms. The molecule has 0 aliphatic carbocycles. The van der Waals surface area contributed by atoms with E-state index in [0.29, 0.717) is 23.7 Å². The number of hydrogen-bond donors (Lipinski definition) is 1. The van der Waals surface area contributed by atoms with Gasteiger partial charge in [-0.05, 0) is 36.8 Å². The number of aliphatic hydroxyl groups is 1. The molecule has 1 amide bonds. The number of hydrogen-bond acceptors (Lipinski definition) is 6. The van der Waals surface area contributed by atoms with Crippen molar-refractivity contribution in [2.45, 2.75) is 25.4 Å². The monoisotopic (exact) mass is 442 g/mol. The van der Waals surface area contributed by atoms with E-state index in [1.165, 1.54) is 22.2 Å². The Kier molecular flexibility index (Phi) is 5.33. The molecule has 0 radical (unpaired) electrons. The van der Waals surface area contributed by atoms with Crippen LogP contribution in [-0.4, -0.2) is 51.8 Å². The first-order valence-electron chi connectivity index (χ1n) is 10.1. The molecule has 0 fully saturated rings. The second-order valence-corrected chi connectivity index (χ2v) is 7.85. The Labute approximate surface area is 184 Å². The maximum Gasteiger partial charge on any atom is 0.261 e. The predicted octanol–water partition coefficient (Wildman–Crippen LogP) is 2.93. The Morgan fingerprint density at radius 3 is 2.53 bits per heavy atom. The highest BCUT2D eigenvalue weighted by Crippen LogP contribution is 2.46. The lowest BCUT2D eigenvalue weighted by atomic mass is 9.96. The fraction of sp³-hybridized carbons (Fsp3) is 0.318. The van der Waals surface area contributed by atoms with Gasteiger partial charge in [-0.25, -0.2) is 18.4 Å². The highest BCUT2D eigenvalue weighted by Gasteiger charge is 2.53. The zero-order chi connectivity index (χ0) is 23.2. The molecule has 2 heterocycles. The van der Waals surface area contributed by atoms with Crippen LogP contribution in [0.5, 0.6) is 0 Å². The minimum Gasteiger partial charge on any atom is -0.378 e. The summed E-state index contributed by atoms with van der Waals surface area (Å²) in [5, 5.41) is 16.2. The molecule has 32 heavy (non-hydrogen) atoms. The normalized spacial score (nSPS) is 19.2. The second kappa shape index (κ2) is 7.86. The molecule has 1 aliphatic heterocycles. The molecule has 0 saturated heterocycles. The van der Waals surface area contributed by atoms with Gasteiger partial charge in [-0.3, -0.25) is 9.69 Å². The van der Waals surface area contributed by atoms with Crippen LogP contribution >= 0.6 is 0 Å². The fourth-order valence-electron chi connectivity index (χ4n) is 4.13. The van der Waals surface area contributed by atoms with Gasteiger partial charge in [0, 0.05) is 32.9 Å².